The zero-order valence-corrected chi connectivity index (χ0v) is 23.5. The summed E-state index contributed by atoms with van der Waals surface area (Å²) in [6.45, 7) is 8.43. The highest BCUT2D eigenvalue weighted by Crippen LogP contribution is 2.33. The number of fused-ring (bicyclic) bond motifs is 1. The first-order valence-electron chi connectivity index (χ1n) is 13.8. The van der Waals surface area contributed by atoms with Gasteiger partial charge in [-0.05, 0) is 56.3 Å². The molecule has 0 unspecified atom stereocenters. The van der Waals surface area contributed by atoms with E-state index in [1.165, 1.54) is 0 Å². The monoisotopic (exact) mass is 547 g/mol. The maximum Gasteiger partial charge on any atom is 0.228 e. The van der Waals surface area contributed by atoms with E-state index in [1.807, 2.05) is 48.5 Å². The van der Waals surface area contributed by atoms with Crippen molar-refractivity contribution < 1.29 is 4.74 Å². The van der Waals surface area contributed by atoms with Crippen LogP contribution in [0.3, 0.4) is 0 Å². The van der Waals surface area contributed by atoms with Gasteiger partial charge in [-0.2, -0.15) is 0 Å². The fourth-order valence-electron chi connectivity index (χ4n) is 5.02. The molecule has 2 N–H and O–H groups in total. The lowest BCUT2D eigenvalue weighted by atomic mass is 10.1. The van der Waals surface area contributed by atoms with Gasteiger partial charge in [0.05, 0.1) is 11.3 Å². The number of hydrogen-bond acceptors (Lipinski definition) is 10. The summed E-state index contributed by atoms with van der Waals surface area (Å²) in [5.41, 5.74) is 2.38. The highest BCUT2D eigenvalue weighted by atomic mass is 16.5. The average molecular weight is 548 g/mol. The Morgan fingerprint density at radius 1 is 0.805 bits per heavy atom. The summed E-state index contributed by atoms with van der Waals surface area (Å²) < 4.78 is 6.16. The van der Waals surface area contributed by atoms with E-state index in [4.69, 9.17) is 4.74 Å². The number of rotatable bonds is 8. The number of anilines is 4. The molecule has 0 amide bonds. The van der Waals surface area contributed by atoms with Crippen molar-refractivity contribution in [2.75, 3.05) is 48.8 Å². The van der Waals surface area contributed by atoms with Crippen molar-refractivity contribution in [2.45, 2.75) is 19.9 Å². The normalized spacial score (nSPS) is 13.9. The molecule has 0 aliphatic carbocycles. The fourth-order valence-corrected chi connectivity index (χ4v) is 5.02. The highest BCUT2D eigenvalue weighted by Gasteiger charge is 2.22. The quantitative estimate of drug-likeness (QED) is 0.255. The maximum atomic E-state index is 6.16. The van der Waals surface area contributed by atoms with Crippen LogP contribution < -0.4 is 20.3 Å². The van der Waals surface area contributed by atoms with E-state index in [0.717, 1.165) is 65.5 Å². The van der Waals surface area contributed by atoms with Crippen LogP contribution in [-0.4, -0.2) is 69.3 Å². The van der Waals surface area contributed by atoms with Gasteiger partial charge in [-0.3, -0.25) is 4.90 Å². The minimum absolute atomic E-state index is 0.468. The molecule has 0 spiro atoms. The number of benzene rings is 2. The molecule has 1 aliphatic heterocycles. The Balaban J connectivity index is 1.20. The number of ether oxygens (including phenoxy) is 1. The van der Waals surface area contributed by atoms with E-state index in [1.54, 1.807) is 19.4 Å². The van der Waals surface area contributed by atoms with Crippen LogP contribution in [0.5, 0.6) is 11.6 Å². The topological polar surface area (TPSA) is 104 Å². The van der Waals surface area contributed by atoms with Crippen molar-refractivity contribution in [3.63, 3.8) is 0 Å². The van der Waals surface area contributed by atoms with Crippen LogP contribution in [0, 0.1) is 0 Å². The number of pyridine rings is 1. The zero-order chi connectivity index (χ0) is 28.2. The lowest BCUT2D eigenvalue weighted by Crippen LogP contribution is -2.49. The fraction of sp³-hybridized carbons (Fsp3) is 0.258. The summed E-state index contributed by atoms with van der Waals surface area (Å²) in [4.78, 5) is 18.0. The molecule has 1 aliphatic rings. The Hall–Kier alpha value is -4.83. The molecule has 0 bridgehead atoms. The van der Waals surface area contributed by atoms with Crippen LogP contribution in [0.2, 0.25) is 0 Å². The van der Waals surface area contributed by atoms with Gasteiger partial charge >= 0.3 is 0 Å². The molecule has 0 atom stereocenters. The Bertz CT molecular complexity index is 1630. The van der Waals surface area contributed by atoms with Gasteiger partial charge in [0.1, 0.15) is 5.75 Å². The van der Waals surface area contributed by atoms with Gasteiger partial charge in [0.25, 0.3) is 0 Å². The van der Waals surface area contributed by atoms with E-state index >= 15 is 0 Å². The maximum absolute atomic E-state index is 6.16. The lowest BCUT2D eigenvalue weighted by Gasteiger charge is -2.37. The summed E-state index contributed by atoms with van der Waals surface area (Å²) in [5.74, 6) is 3.32. The van der Waals surface area contributed by atoms with Gasteiger partial charge in [0.2, 0.25) is 11.8 Å². The molecule has 6 rings (SSSR count). The predicted molar refractivity (Wildman–Crippen MR) is 163 cm³/mol. The van der Waals surface area contributed by atoms with Crippen LogP contribution in [-0.2, 0) is 0 Å². The number of aromatic nitrogens is 5. The third kappa shape index (κ3) is 5.73. The molecular formula is C31H33N9O. The van der Waals surface area contributed by atoms with E-state index in [0.29, 0.717) is 23.6 Å². The van der Waals surface area contributed by atoms with Crippen molar-refractivity contribution in [3.8, 4) is 22.9 Å². The number of nitrogens with zero attached hydrogens (tertiary/aromatic N) is 7. The van der Waals surface area contributed by atoms with Crippen molar-refractivity contribution in [3.05, 3.63) is 79.1 Å². The molecule has 1 saturated heterocycles. The number of nitrogens with one attached hydrogen (secondary N) is 2. The van der Waals surface area contributed by atoms with Gasteiger partial charge < -0.3 is 20.3 Å². The molecule has 0 radical (unpaired) electrons. The summed E-state index contributed by atoms with van der Waals surface area (Å²) >= 11 is 0. The molecule has 5 aromatic rings. The first-order valence-corrected chi connectivity index (χ1v) is 13.8. The minimum Gasteiger partial charge on any atom is -0.438 e. The highest BCUT2D eigenvalue weighted by molar-refractivity contribution is 5.99. The smallest absolute Gasteiger partial charge is 0.228 e. The van der Waals surface area contributed by atoms with Crippen LogP contribution in [0.15, 0.2) is 79.1 Å². The van der Waals surface area contributed by atoms with E-state index in [2.05, 4.69) is 77.6 Å². The standard InChI is InChI=1S/C31H33N9O/c1-21(2)39-17-19-40(20-18-39)29-25-8-5-4-7-24(25)28(37-38-29)35-22-10-12-23(13-11-22)41-30-26(9-6-15-33-30)27-14-16-34-31(32-3)36-27/h4-16,21H,17-20H2,1-3H3,(H,35,37)(H,32,34,36). The second-order valence-corrected chi connectivity index (χ2v) is 10.2. The largest absolute Gasteiger partial charge is 0.438 e. The first-order chi connectivity index (χ1) is 20.1. The molecule has 3 aromatic heterocycles. The van der Waals surface area contributed by atoms with Crippen LogP contribution in [0.1, 0.15) is 13.8 Å². The molecule has 41 heavy (non-hydrogen) atoms. The first kappa shape index (κ1) is 26.4. The Morgan fingerprint density at radius 3 is 2.34 bits per heavy atom. The molecule has 2 aromatic carbocycles. The molecule has 10 heteroatoms. The molecule has 0 saturated carbocycles. The lowest BCUT2D eigenvalue weighted by molar-refractivity contribution is 0.209. The summed E-state index contributed by atoms with van der Waals surface area (Å²) in [6, 6.07) is 22.2. The van der Waals surface area contributed by atoms with E-state index in [9.17, 15) is 0 Å². The van der Waals surface area contributed by atoms with Crippen LogP contribution in [0.25, 0.3) is 22.0 Å². The van der Waals surface area contributed by atoms with E-state index < -0.39 is 0 Å². The van der Waals surface area contributed by atoms with Gasteiger partial charge in [0.15, 0.2) is 11.6 Å². The van der Waals surface area contributed by atoms with Gasteiger partial charge in [-0.15, -0.1) is 10.2 Å². The summed E-state index contributed by atoms with van der Waals surface area (Å²) in [6.07, 6.45) is 3.41. The van der Waals surface area contributed by atoms with Crippen LogP contribution >= 0.6 is 0 Å². The second-order valence-electron chi connectivity index (χ2n) is 10.2. The van der Waals surface area contributed by atoms with Gasteiger partial charge in [-0.1, -0.05) is 24.3 Å². The molecule has 1 fully saturated rings. The molecular weight excluding hydrogens is 514 g/mol. The Morgan fingerprint density at radius 2 is 1.59 bits per heavy atom. The Kier molecular flexibility index (Phi) is 7.55. The van der Waals surface area contributed by atoms with Crippen molar-refractivity contribution >= 4 is 34.0 Å². The number of hydrogen-bond donors (Lipinski definition) is 2. The second kappa shape index (κ2) is 11.7. The van der Waals surface area contributed by atoms with Crippen molar-refractivity contribution in [1.82, 2.24) is 30.0 Å². The van der Waals surface area contributed by atoms with Crippen LogP contribution in [0.4, 0.5) is 23.3 Å². The molecule has 4 heterocycles. The summed E-state index contributed by atoms with van der Waals surface area (Å²) in [7, 11) is 1.78. The van der Waals surface area contributed by atoms with Crippen molar-refractivity contribution in [2.24, 2.45) is 0 Å². The number of piperazine rings is 1. The third-order valence-corrected chi connectivity index (χ3v) is 7.27. The predicted octanol–water partition coefficient (Wildman–Crippen LogP) is 5.59. The van der Waals surface area contributed by atoms with E-state index in [-0.39, 0.29) is 0 Å². The molecule has 208 valence electrons. The molecule has 10 nitrogen and oxygen atoms in total. The SMILES string of the molecule is CNc1nccc(-c2cccnc2Oc2ccc(Nc3nnc(N4CCN(C(C)C)CC4)c4ccccc34)cc2)n1. The summed E-state index contributed by atoms with van der Waals surface area (Å²) in [5, 5.41) is 17.8. The van der Waals surface area contributed by atoms with Gasteiger partial charge in [-0.25, -0.2) is 15.0 Å². The minimum atomic E-state index is 0.468. The average Bonchev–Trinajstić information content (AvgIpc) is 3.02. The van der Waals surface area contributed by atoms with Gasteiger partial charge in [0, 0.05) is 68.1 Å². The Labute approximate surface area is 239 Å². The third-order valence-electron chi connectivity index (χ3n) is 7.27. The van der Waals surface area contributed by atoms with Crippen molar-refractivity contribution in [1.29, 1.82) is 0 Å². The zero-order valence-electron chi connectivity index (χ0n) is 23.5.